The minimum atomic E-state index is 0.0575. The Morgan fingerprint density at radius 3 is 1.27 bits per heavy atom. The minimum Gasteiger partial charge on any atom is -0.373 e. The molecule has 0 aromatic heterocycles. The highest BCUT2D eigenvalue weighted by molar-refractivity contribution is 5.16. The van der Waals surface area contributed by atoms with Crippen LogP contribution in [0.5, 0.6) is 0 Å². The second kappa shape index (κ2) is 6.39. The van der Waals surface area contributed by atoms with Crippen molar-refractivity contribution in [1.82, 2.24) is 0 Å². The summed E-state index contributed by atoms with van der Waals surface area (Å²) in [7, 11) is 0. The van der Waals surface area contributed by atoms with Crippen molar-refractivity contribution >= 4 is 0 Å². The molecular formula is C20H34N2O4. The fraction of sp³-hybridized carbons (Fsp3) is 1.00. The van der Waals surface area contributed by atoms with Crippen molar-refractivity contribution < 1.29 is 18.9 Å². The van der Waals surface area contributed by atoms with Crippen LogP contribution in [0.15, 0.2) is 0 Å². The molecule has 6 nitrogen and oxygen atoms in total. The molecule has 0 radical (unpaired) electrons. The molecule has 6 heteroatoms. The van der Waals surface area contributed by atoms with Crippen LogP contribution in [0.2, 0.25) is 0 Å². The Morgan fingerprint density at radius 1 is 0.615 bits per heavy atom. The molecule has 26 heavy (non-hydrogen) atoms. The lowest BCUT2D eigenvalue weighted by Crippen LogP contribution is -2.63. The highest BCUT2D eigenvalue weighted by atomic mass is 16.6. The van der Waals surface area contributed by atoms with E-state index in [2.05, 4.69) is 0 Å². The van der Waals surface area contributed by atoms with Crippen molar-refractivity contribution in [1.29, 1.82) is 0 Å². The van der Waals surface area contributed by atoms with Crippen LogP contribution in [-0.2, 0) is 18.9 Å². The molecule has 4 N–H and O–H groups in total. The molecule has 5 aliphatic rings. The molecule has 0 amide bonds. The standard InChI is InChI=1S/C20H34N2O4/c21-12-18(4-14-8-23-14)2-1-3-19(13-22,5-15-9-24-15)20(18,6-16-10-25-16)7-17-11-26-17/h14-17H,1-13,21-22H2. The van der Waals surface area contributed by atoms with E-state index in [9.17, 15) is 0 Å². The quantitative estimate of drug-likeness (QED) is 0.563. The topological polar surface area (TPSA) is 102 Å². The molecule has 4 saturated heterocycles. The maximum Gasteiger partial charge on any atom is 0.0815 e. The Hall–Kier alpha value is -0.240. The van der Waals surface area contributed by atoms with Gasteiger partial charge in [0.2, 0.25) is 0 Å². The van der Waals surface area contributed by atoms with E-state index in [0.29, 0.717) is 37.5 Å². The van der Waals surface area contributed by atoms with Gasteiger partial charge in [-0.05, 0) is 67.9 Å². The van der Waals surface area contributed by atoms with Crippen molar-refractivity contribution in [2.75, 3.05) is 39.5 Å². The molecule has 6 atom stereocenters. The molecule has 148 valence electrons. The molecule has 5 fully saturated rings. The van der Waals surface area contributed by atoms with Gasteiger partial charge in [0.05, 0.1) is 50.8 Å². The lowest BCUT2D eigenvalue weighted by atomic mass is 9.40. The van der Waals surface area contributed by atoms with Crippen molar-refractivity contribution in [2.24, 2.45) is 27.7 Å². The minimum absolute atomic E-state index is 0.0575. The highest BCUT2D eigenvalue weighted by Gasteiger charge is 2.67. The smallest absolute Gasteiger partial charge is 0.0815 e. The SMILES string of the molecule is NCC1(CC2CO2)CCCC(CN)(CC2CO2)C1(CC1CO1)CC1CO1. The number of nitrogens with two attached hydrogens (primary N) is 2. The van der Waals surface area contributed by atoms with Gasteiger partial charge in [-0.25, -0.2) is 0 Å². The summed E-state index contributed by atoms with van der Waals surface area (Å²) >= 11 is 0. The highest BCUT2D eigenvalue weighted by Crippen LogP contribution is 2.69. The van der Waals surface area contributed by atoms with Crippen molar-refractivity contribution in [3.63, 3.8) is 0 Å². The predicted molar refractivity (Wildman–Crippen MR) is 96.7 cm³/mol. The molecule has 1 saturated carbocycles. The molecule has 0 spiro atoms. The van der Waals surface area contributed by atoms with Gasteiger partial charge in [0.15, 0.2) is 0 Å². The summed E-state index contributed by atoms with van der Waals surface area (Å²) in [6.45, 7) is 4.96. The van der Waals surface area contributed by atoms with Crippen LogP contribution < -0.4 is 11.5 Å². The Labute approximate surface area is 156 Å². The maximum absolute atomic E-state index is 6.60. The Morgan fingerprint density at radius 2 is 0.962 bits per heavy atom. The number of hydrogen-bond donors (Lipinski definition) is 2. The summed E-state index contributed by atoms with van der Waals surface area (Å²) in [6.07, 6.45) is 9.31. The van der Waals surface area contributed by atoms with E-state index in [0.717, 1.165) is 52.1 Å². The van der Waals surface area contributed by atoms with Crippen LogP contribution in [0.25, 0.3) is 0 Å². The number of ether oxygens (including phenoxy) is 4. The molecule has 1 aliphatic carbocycles. The first-order chi connectivity index (χ1) is 12.6. The summed E-state index contributed by atoms with van der Waals surface area (Å²) in [5.74, 6) is 0. The summed E-state index contributed by atoms with van der Waals surface area (Å²) < 4.78 is 22.9. The monoisotopic (exact) mass is 366 g/mol. The van der Waals surface area contributed by atoms with Crippen LogP contribution in [0.3, 0.4) is 0 Å². The second-order valence-electron chi connectivity index (χ2n) is 9.54. The lowest BCUT2D eigenvalue weighted by molar-refractivity contribution is -0.152. The van der Waals surface area contributed by atoms with E-state index in [4.69, 9.17) is 30.4 Å². The van der Waals surface area contributed by atoms with Crippen molar-refractivity contribution in [3.05, 3.63) is 0 Å². The molecule has 5 rings (SSSR count). The van der Waals surface area contributed by atoms with E-state index in [1.807, 2.05) is 0 Å². The lowest BCUT2D eigenvalue weighted by Gasteiger charge is -2.64. The van der Waals surface area contributed by atoms with E-state index in [-0.39, 0.29) is 16.2 Å². The molecular weight excluding hydrogens is 332 g/mol. The molecule has 4 heterocycles. The first-order valence-corrected chi connectivity index (χ1v) is 10.5. The molecule has 0 aromatic rings. The van der Waals surface area contributed by atoms with Gasteiger partial charge in [0.25, 0.3) is 0 Å². The fourth-order valence-electron chi connectivity index (χ4n) is 6.50. The van der Waals surface area contributed by atoms with Crippen LogP contribution >= 0.6 is 0 Å². The van der Waals surface area contributed by atoms with Crippen molar-refractivity contribution in [3.8, 4) is 0 Å². The third kappa shape index (κ3) is 3.03. The summed E-state index contributed by atoms with van der Waals surface area (Å²) in [6, 6.07) is 0. The van der Waals surface area contributed by atoms with Gasteiger partial charge < -0.3 is 30.4 Å². The Balaban J connectivity index is 1.58. The van der Waals surface area contributed by atoms with E-state index in [1.165, 1.54) is 19.3 Å². The van der Waals surface area contributed by atoms with Crippen molar-refractivity contribution in [2.45, 2.75) is 69.4 Å². The van der Waals surface area contributed by atoms with Crippen LogP contribution in [0.1, 0.15) is 44.9 Å². The zero-order valence-corrected chi connectivity index (χ0v) is 15.8. The molecule has 0 aromatic carbocycles. The molecule has 6 unspecified atom stereocenters. The van der Waals surface area contributed by atoms with Crippen LogP contribution in [0.4, 0.5) is 0 Å². The van der Waals surface area contributed by atoms with Gasteiger partial charge >= 0.3 is 0 Å². The third-order valence-corrected chi connectivity index (χ3v) is 8.12. The van der Waals surface area contributed by atoms with E-state index >= 15 is 0 Å². The maximum atomic E-state index is 6.60. The first-order valence-electron chi connectivity index (χ1n) is 10.5. The van der Waals surface area contributed by atoms with Gasteiger partial charge in [0.1, 0.15) is 0 Å². The average Bonchev–Trinajstić information content (AvgIpc) is 3.45. The van der Waals surface area contributed by atoms with Gasteiger partial charge in [0, 0.05) is 0 Å². The zero-order valence-electron chi connectivity index (χ0n) is 15.8. The van der Waals surface area contributed by atoms with Gasteiger partial charge in [-0.1, -0.05) is 6.42 Å². The summed E-state index contributed by atoms with van der Waals surface area (Å²) in [5.41, 5.74) is 13.4. The van der Waals surface area contributed by atoms with Gasteiger partial charge in [-0.2, -0.15) is 0 Å². The number of rotatable bonds is 10. The van der Waals surface area contributed by atoms with Gasteiger partial charge in [-0.3, -0.25) is 0 Å². The second-order valence-corrected chi connectivity index (χ2v) is 9.54. The number of hydrogen-bond acceptors (Lipinski definition) is 6. The average molecular weight is 367 g/mol. The van der Waals surface area contributed by atoms with E-state index < -0.39 is 0 Å². The fourth-order valence-corrected chi connectivity index (χ4v) is 6.50. The number of epoxide rings is 4. The van der Waals surface area contributed by atoms with Gasteiger partial charge in [-0.15, -0.1) is 0 Å². The Kier molecular flexibility index (Phi) is 4.38. The summed E-state index contributed by atoms with van der Waals surface area (Å²) in [4.78, 5) is 0. The van der Waals surface area contributed by atoms with Crippen LogP contribution in [0, 0.1) is 16.2 Å². The summed E-state index contributed by atoms with van der Waals surface area (Å²) in [5, 5.41) is 0. The normalized spacial score (nSPS) is 51.9. The third-order valence-electron chi connectivity index (χ3n) is 8.12. The van der Waals surface area contributed by atoms with Crippen LogP contribution in [-0.4, -0.2) is 63.9 Å². The zero-order chi connectivity index (χ0) is 17.8. The largest absolute Gasteiger partial charge is 0.373 e. The predicted octanol–water partition coefficient (Wildman–Crippen LogP) is 1.20. The Bertz CT molecular complexity index is 484. The molecule has 0 bridgehead atoms. The molecule has 4 aliphatic heterocycles. The van der Waals surface area contributed by atoms with E-state index in [1.54, 1.807) is 0 Å². The first kappa shape index (κ1) is 17.8.